The van der Waals surface area contributed by atoms with Crippen LogP contribution in [-0.2, 0) is 28.7 Å². The molecule has 4 aromatic rings. The molecule has 2 saturated heterocycles. The second-order valence-electron chi connectivity index (χ2n) is 15.3. The topological polar surface area (TPSA) is 151 Å². The third kappa shape index (κ3) is 8.50. The first-order valence-corrected chi connectivity index (χ1v) is 19.2. The lowest BCUT2D eigenvalue weighted by atomic mass is 9.91. The van der Waals surface area contributed by atoms with Crippen molar-refractivity contribution in [2.24, 2.45) is 23.7 Å². The number of halogens is 1. The number of nitrogens with one attached hydrogen (secondary N) is 2. The van der Waals surface area contributed by atoms with Crippen LogP contribution in [0.15, 0.2) is 54.7 Å². The first kappa shape index (κ1) is 39.4. The average Bonchev–Trinajstić information content (AvgIpc) is 4.02. The fourth-order valence-corrected chi connectivity index (χ4v) is 7.83. The first-order chi connectivity index (χ1) is 26.4. The summed E-state index contributed by atoms with van der Waals surface area (Å²) >= 11 is 0. The Morgan fingerprint density at radius 1 is 0.709 bits per heavy atom. The predicted octanol–water partition coefficient (Wildman–Crippen LogP) is 7.27. The van der Waals surface area contributed by atoms with Crippen molar-refractivity contribution in [1.29, 1.82) is 0 Å². The van der Waals surface area contributed by atoms with Gasteiger partial charge in [0.25, 0.3) is 0 Å². The van der Waals surface area contributed by atoms with Crippen LogP contribution < -0.4 is 0 Å². The van der Waals surface area contributed by atoms with Crippen LogP contribution in [0.3, 0.4) is 0 Å². The summed E-state index contributed by atoms with van der Waals surface area (Å²) in [6.07, 6.45) is 4.88. The molecule has 2 amide bonds. The lowest BCUT2D eigenvalue weighted by Crippen LogP contribution is -2.39. The maximum atomic E-state index is 15.4. The Kier molecular flexibility index (Phi) is 12.2. The number of hydrogen-bond acceptors (Lipinski definition) is 8. The van der Waals surface area contributed by atoms with Crippen LogP contribution in [0.1, 0.15) is 90.0 Å². The van der Waals surface area contributed by atoms with E-state index in [0.29, 0.717) is 30.9 Å². The number of likely N-dealkylation sites (tertiary alicyclic amines) is 2. The summed E-state index contributed by atoms with van der Waals surface area (Å²) in [4.78, 5) is 70.3. The number of H-pyrrole nitrogens is 2. The number of rotatable bonds is 13. The second-order valence-corrected chi connectivity index (χ2v) is 15.3. The van der Waals surface area contributed by atoms with Crippen molar-refractivity contribution >= 4 is 23.8 Å². The Bertz CT molecular complexity index is 1990. The van der Waals surface area contributed by atoms with Gasteiger partial charge in [0.1, 0.15) is 17.3 Å². The summed E-state index contributed by atoms with van der Waals surface area (Å²) in [5.74, 6) is -1.53. The number of imidazole rings is 2. The Hall–Kier alpha value is -5.33. The fraction of sp³-hybridized carbons (Fsp3) is 0.476. The molecule has 2 aliphatic heterocycles. The molecule has 2 aliphatic rings. The zero-order chi connectivity index (χ0) is 39.4. The van der Waals surface area contributed by atoms with Crippen molar-refractivity contribution in [3.05, 3.63) is 72.3 Å². The van der Waals surface area contributed by atoms with Crippen molar-refractivity contribution in [1.82, 2.24) is 29.7 Å². The highest BCUT2D eigenvalue weighted by Gasteiger charge is 2.39. The van der Waals surface area contributed by atoms with Crippen molar-refractivity contribution in [2.75, 3.05) is 27.3 Å². The van der Waals surface area contributed by atoms with Gasteiger partial charge in [0.05, 0.1) is 62.9 Å². The molecule has 0 saturated carbocycles. The Morgan fingerprint density at radius 2 is 1.16 bits per heavy atom. The number of benzene rings is 2. The third-order valence-corrected chi connectivity index (χ3v) is 11.1. The average molecular weight is 755 g/mol. The van der Waals surface area contributed by atoms with E-state index < -0.39 is 29.8 Å². The molecule has 0 unspecified atom stereocenters. The minimum absolute atomic E-state index is 0.00351. The van der Waals surface area contributed by atoms with E-state index in [9.17, 15) is 19.2 Å². The number of amides is 2. The molecule has 292 valence electrons. The third-order valence-electron chi connectivity index (χ3n) is 11.1. The Balaban J connectivity index is 1.13. The number of esters is 2. The summed E-state index contributed by atoms with van der Waals surface area (Å²) in [6, 6.07) is 15.0. The molecule has 2 N–H and O–H groups in total. The van der Waals surface area contributed by atoms with Crippen molar-refractivity contribution in [3.8, 4) is 33.6 Å². The second kappa shape index (κ2) is 17.0. The van der Waals surface area contributed by atoms with Crippen LogP contribution in [0.2, 0.25) is 0 Å². The molecule has 4 heterocycles. The summed E-state index contributed by atoms with van der Waals surface area (Å²) in [6.45, 7) is 8.84. The molecule has 12 nitrogen and oxygen atoms in total. The van der Waals surface area contributed by atoms with Crippen LogP contribution in [-0.4, -0.2) is 80.8 Å². The normalized spacial score (nSPS) is 18.2. The standard InChI is InChI=1S/C42H51FN6O6/c1-24(2)30(21-35(50)54-5)41(52)48-19-7-9-33(48)39-44-23-32(45-39)28-15-11-26(12-16-28)27-13-17-29(18-14-27)37-38(43)47-40(46-37)34-10-8-20-49(34)42(53)31(25(3)4)22-36(51)55-6/h11-18,23-25,30-31,33-34H,7-10,19-22H2,1-6H3,(H,44,45)(H,46,47)/t30-,31-,33-,34-/m0/s1. The number of carbonyl (C=O) groups excluding carboxylic acids is 4. The number of methoxy groups -OCH3 is 2. The molecule has 6 rings (SSSR count). The molecular formula is C42H51FN6O6. The summed E-state index contributed by atoms with van der Waals surface area (Å²) in [5, 5.41) is 0. The van der Waals surface area contributed by atoms with Gasteiger partial charge >= 0.3 is 11.9 Å². The van der Waals surface area contributed by atoms with Gasteiger partial charge in [-0.15, -0.1) is 0 Å². The van der Waals surface area contributed by atoms with Gasteiger partial charge in [-0.3, -0.25) is 19.2 Å². The SMILES string of the molecule is COC(=O)C[C@H](C(=O)N1CCC[C@H]1c1ncc(-c2ccc(-c3ccc(-c4nc([C@@H]5CCCN5C(=O)[C@@H](CC(=O)OC)C(C)C)[nH]c4F)cc3)cc2)[nH]1)C(C)C. The fourth-order valence-electron chi connectivity index (χ4n) is 7.83. The lowest BCUT2D eigenvalue weighted by molar-refractivity contribution is -0.148. The van der Waals surface area contributed by atoms with Crippen molar-refractivity contribution in [3.63, 3.8) is 0 Å². The number of aromatic amines is 2. The van der Waals surface area contributed by atoms with Crippen LogP contribution in [0.4, 0.5) is 4.39 Å². The first-order valence-electron chi connectivity index (χ1n) is 19.2. The minimum Gasteiger partial charge on any atom is -0.469 e. The lowest BCUT2D eigenvalue weighted by Gasteiger charge is -2.29. The zero-order valence-electron chi connectivity index (χ0n) is 32.4. The number of ether oxygens (including phenoxy) is 2. The largest absolute Gasteiger partial charge is 0.469 e. The van der Waals surface area contributed by atoms with Crippen LogP contribution in [0.5, 0.6) is 0 Å². The maximum Gasteiger partial charge on any atom is 0.306 e. The summed E-state index contributed by atoms with van der Waals surface area (Å²) < 4.78 is 25.1. The minimum atomic E-state index is -0.564. The number of nitrogens with zero attached hydrogens (tertiary/aromatic N) is 4. The zero-order valence-corrected chi connectivity index (χ0v) is 32.4. The van der Waals surface area contributed by atoms with Gasteiger partial charge in [-0.05, 0) is 54.2 Å². The van der Waals surface area contributed by atoms with E-state index in [1.54, 1.807) is 11.1 Å². The highest BCUT2D eigenvalue weighted by molar-refractivity contribution is 5.85. The van der Waals surface area contributed by atoms with Gasteiger partial charge in [-0.2, -0.15) is 4.39 Å². The van der Waals surface area contributed by atoms with E-state index in [0.717, 1.165) is 47.5 Å². The van der Waals surface area contributed by atoms with Crippen molar-refractivity contribution < 1.29 is 33.0 Å². The molecular weight excluding hydrogens is 703 g/mol. The number of carbonyl (C=O) groups is 4. The summed E-state index contributed by atoms with van der Waals surface area (Å²) in [7, 11) is 2.65. The molecule has 0 radical (unpaired) electrons. The van der Waals surface area contributed by atoms with E-state index in [4.69, 9.17) is 9.47 Å². The Labute approximate surface area is 321 Å². The van der Waals surface area contributed by atoms with Gasteiger partial charge in [-0.1, -0.05) is 76.2 Å². The smallest absolute Gasteiger partial charge is 0.306 e. The van der Waals surface area contributed by atoms with E-state index >= 15 is 4.39 Å². The van der Waals surface area contributed by atoms with E-state index in [1.807, 2.05) is 81.1 Å². The van der Waals surface area contributed by atoms with Crippen LogP contribution in [0, 0.1) is 29.6 Å². The number of hydrogen-bond donors (Lipinski definition) is 2. The maximum absolute atomic E-state index is 15.4. The molecule has 0 aliphatic carbocycles. The van der Waals surface area contributed by atoms with Crippen molar-refractivity contribution in [2.45, 2.75) is 78.3 Å². The van der Waals surface area contributed by atoms with Gasteiger partial charge in [0.2, 0.25) is 17.8 Å². The van der Waals surface area contributed by atoms with E-state index in [1.165, 1.54) is 14.2 Å². The highest BCUT2D eigenvalue weighted by Crippen LogP contribution is 2.37. The molecule has 0 bridgehead atoms. The van der Waals surface area contributed by atoms with E-state index in [-0.39, 0.29) is 54.2 Å². The highest BCUT2D eigenvalue weighted by atomic mass is 19.1. The molecule has 13 heteroatoms. The van der Waals surface area contributed by atoms with Gasteiger partial charge in [0.15, 0.2) is 0 Å². The molecule has 2 fully saturated rings. The Morgan fingerprint density at radius 3 is 1.64 bits per heavy atom. The summed E-state index contributed by atoms with van der Waals surface area (Å²) in [5.41, 5.74) is 4.49. The van der Waals surface area contributed by atoms with Gasteiger partial charge in [0, 0.05) is 18.7 Å². The van der Waals surface area contributed by atoms with Gasteiger partial charge in [-0.25, -0.2) is 9.97 Å². The molecule has 55 heavy (non-hydrogen) atoms. The van der Waals surface area contributed by atoms with Crippen LogP contribution >= 0.6 is 0 Å². The van der Waals surface area contributed by atoms with Crippen LogP contribution in [0.25, 0.3) is 33.6 Å². The van der Waals surface area contributed by atoms with E-state index in [2.05, 4.69) is 19.9 Å². The molecule has 4 atom stereocenters. The number of aromatic nitrogens is 4. The monoisotopic (exact) mass is 754 g/mol. The molecule has 2 aromatic carbocycles. The van der Waals surface area contributed by atoms with Gasteiger partial charge < -0.3 is 29.2 Å². The quantitative estimate of drug-likeness (QED) is 0.135. The molecule has 2 aromatic heterocycles. The molecule has 0 spiro atoms. The predicted molar refractivity (Wildman–Crippen MR) is 204 cm³/mol.